The number of esters is 1. The summed E-state index contributed by atoms with van der Waals surface area (Å²) in [5, 5.41) is 0. The second-order valence-electron chi connectivity index (χ2n) is 3.59. The molecule has 1 rings (SSSR count). The van der Waals surface area contributed by atoms with Crippen LogP contribution in [-0.4, -0.2) is 16.6 Å². The van der Waals surface area contributed by atoms with E-state index in [0.717, 1.165) is 0 Å². The minimum Gasteiger partial charge on any atom is -0.462 e. The molecule has 0 saturated heterocycles. The van der Waals surface area contributed by atoms with E-state index in [-0.39, 0.29) is 18.2 Å². The van der Waals surface area contributed by atoms with Gasteiger partial charge in [0.25, 0.3) is 5.56 Å². The van der Waals surface area contributed by atoms with Crippen LogP contribution in [0.5, 0.6) is 0 Å². The summed E-state index contributed by atoms with van der Waals surface area (Å²) in [6.07, 6.45) is 1.21. The third-order valence-corrected chi connectivity index (χ3v) is 2.30. The highest BCUT2D eigenvalue weighted by Crippen LogP contribution is 2.08. The summed E-state index contributed by atoms with van der Waals surface area (Å²) >= 11 is 3.07. The SMILES string of the molecule is CC(C)OC(=O)Cn1cc(N)cc(Br)c1=O. The number of nitrogens with zero attached hydrogens (tertiary/aromatic N) is 1. The minimum atomic E-state index is -0.463. The van der Waals surface area contributed by atoms with Gasteiger partial charge in [0.1, 0.15) is 6.54 Å². The van der Waals surface area contributed by atoms with E-state index >= 15 is 0 Å². The van der Waals surface area contributed by atoms with Gasteiger partial charge >= 0.3 is 5.97 Å². The highest BCUT2D eigenvalue weighted by Gasteiger charge is 2.09. The summed E-state index contributed by atoms with van der Waals surface area (Å²) in [5.74, 6) is -0.463. The van der Waals surface area contributed by atoms with Gasteiger partial charge in [0, 0.05) is 11.9 Å². The zero-order valence-corrected chi connectivity index (χ0v) is 10.7. The molecule has 5 nitrogen and oxygen atoms in total. The molecule has 0 amide bonds. The summed E-state index contributed by atoms with van der Waals surface area (Å²) in [6, 6.07) is 1.49. The Morgan fingerprint density at radius 3 is 2.81 bits per heavy atom. The molecule has 0 fully saturated rings. The summed E-state index contributed by atoms with van der Waals surface area (Å²) < 4.78 is 6.47. The van der Waals surface area contributed by atoms with Gasteiger partial charge < -0.3 is 15.0 Å². The van der Waals surface area contributed by atoms with E-state index in [2.05, 4.69) is 15.9 Å². The predicted octanol–water partition coefficient (Wildman–Crippen LogP) is 1.14. The number of hydrogen-bond acceptors (Lipinski definition) is 4. The maximum Gasteiger partial charge on any atom is 0.326 e. The Morgan fingerprint density at radius 2 is 2.25 bits per heavy atom. The molecular weight excluding hydrogens is 276 g/mol. The first-order chi connectivity index (χ1) is 7.40. The molecule has 6 heteroatoms. The quantitative estimate of drug-likeness (QED) is 0.847. The van der Waals surface area contributed by atoms with Crippen LogP contribution in [0.15, 0.2) is 21.5 Å². The van der Waals surface area contributed by atoms with Gasteiger partial charge in [0.2, 0.25) is 0 Å². The van der Waals surface area contributed by atoms with Crippen LogP contribution >= 0.6 is 15.9 Å². The molecule has 2 N–H and O–H groups in total. The lowest BCUT2D eigenvalue weighted by atomic mass is 10.4. The van der Waals surface area contributed by atoms with Crippen LogP contribution in [0.2, 0.25) is 0 Å². The smallest absolute Gasteiger partial charge is 0.326 e. The maximum atomic E-state index is 11.6. The van der Waals surface area contributed by atoms with Crippen LogP contribution in [0, 0.1) is 0 Å². The van der Waals surface area contributed by atoms with E-state index in [1.54, 1.807) is 13.8 Å². The van der Waals surface area contributed by atoms with Crippen LogP contribution in [0.4, 0.5) is 5.69 Å². The second-order valence-corrected chi connectivity index (χ2v) is 4.45. The van der Waals surface area contributed by atoms with Crippen molar-refractivity contribution < 1.29 is 9.53 Å². The summed E-state index contributed by atoms with van der Waals surface area (Å²) in [4.78, 5) is 23.0. The van der Waals surface area contributed by atoms with Crippen LogP contribution in [0.3, 0.4) is 0 Å². The van der Waals surface area contributed by atoms with Crippen molar-refractivity contribution in [2.75, 3.05) is 5.73 Å². The first-order valence-corrected chi connectivity index (χ1v) is 5.54. The number of nitrogen functional groups attached to an aromatic ring is 1. The molecule has 0 aliphatic carbocycles. The normalized spacial score (nSPS) is 10.5. The standard InChI is InChI=1S/C10H13BrN2O3/c1-6(2)16-9(14)5-13-4-7(12)3-8(11)10(13)15/h3-4,6H,5,12H2,1-2H3. The fourth-order valence-corrected chi connectivity index (χ4v) is 1.67. The summed E-state index contributed by atoms with van der Waals surface area (Å²) in [7, 11) is 0. The van der Waals surface area contributed by atoms with Gasteiger partial charge in [0.05, 0.1) is 10.6 Å². The number of pyridine rings is 1. The average Bonchev–Trinajstić information content (AvgIpc) is 2.11. The average molecular weight is 289 g/mol. The number of ether oxygens (including phenoxy) is 1. The molecule has 0 aromatic carbocycles. The number of nitrogens with two attached hydrogens (primary N) is 1. The van der Waals surface area contributed by atoms with Crippen LogP contribution in [0.25, 0.3) is 0 Å². The van der Waals surface area contributed by atoms with Crippen molar-refractivity contribution in [3.05, 3.63) is 27.1 Å². The Bertz CT molecular complexity index is 454. The highest BCUT2D eigenvalue weighted by atomic mass is 79.9. The fourth-order valence-electron chi connectivity index (χ4n) is 1.18. The Labute approximate surface area is 101 Å². The van der Waals surface area contributed by atoms with Crippen molar-refractivity contribution in [1.82, 2.24) is 4.57 Å². The van der Waals surface area contributed by atoms with E-state index in [1.165, 1.54) is 16.8 Å². The molecule has 0 aliphatic rings. The number of rotatable bonds is 3. The van der Waals surface area contributed by atoms with Gasteiger partial charge in [-0.15, -0.1) is 0 Å². The number of carbonyl (C=O) groups is 1. The number of carbonyl (C=O) groups excluding carboxylic acids is 1. The van der Waals surface area contributed by atoms with Gasteiger partial charge in [0.15, 0.2) is 0 Å². The topological polar surface area (TPSA) is 74.3 Å². The zero-order valence-electron chi connectivity index (χ0n) is 9.07. The Morgan fingerprint density at radius 1 is 1.62 bits per heavy atom. The molecular formula is C10H13BrN2O3. The lowest BCUT2D eigenvalue weighted by Gasteiger charge is -2.10. The molecule has 0 spiro atoms. The number of aromatic nitrogens is 1. The third kappa shape index (κ3) is 3.37. The molecule has 0 unspecified atom stereocenters. The van der Waals surface area contributed by atoms with Crippen molar-refractivity contribution in [3.8, 4) is 0 Å². The Hall–Kier alpha value is -1.30. The van der Waals surface area contributed by atoms with E-state index in [1.807, 2.05) is 0 Å². The van der Waals surface area contributed by atoms with Crippen LogP contribution in [-0.2, 0) is 16.1 Å². The molecule has 0 bridgehead atoms. The first-order valence-electron chi connectivity index (χ1n) is 4.75. The molecule has 88 valence electrons. The molecule has 1 aromatic rings. The van der Waals surface area contributed by atoms with Crippen LogP contribution in [0.1, 0.15) is 13.8 Å². The van der Waals surface area contributed by atoms with Crippen molar-refractivity contribution >= 4 is 27.6 Å². The van der Waals surface area contributed by atoms with E-state index in [9.17, 15) is 9.59 Å². The van der Waals surface area contributed by atoms with Crippen molar-refractivity contribution in [1.29, 1.82) is 0 Å². The van der Waals surface area contributed by atoms with Gasteiger partial charge in [-0.05, 0) is 35.8 Å². The number of hydrogen-bond donors (Lipinski definition) is 1. The summed E-state index contributed by atoms with van der Waals surface area (Å²) in [5.41, 5.74) is 5.66. The van der Waals surface area contributed by atoms with E-state index < -0.39 is 5.97 Å². The minimum absolute atomic E-state index is 0.138. The lowest BCUT2D eigenvalue weighted by molar-refractivity contribution is -0.148. The van der Waals surface area contributed by atoms with Crippen molar-refractivity contribution in [2.45, 2.75) is 26.5 Å². The molecule has 0 aliphatic heterocycles. The van der Waals surface area contributed by atoms with E-state index in [0.29, 0.717) is 10.2 Å². The first kappa shape index (κ1) is 12.8. The van der Waals surface area contributed by atoms with Crippen molar-refractivity contribution in [3.63, 3.8) is 0 Å². The predicted molar refractivity (Wildman–Crippen MR) is 64.0 cm³/mol. The van der Waals surface area contributed by atoms with Gasteiger partial charge in [-0.1, -0.05) is 0 Å². The summed E-state index contributed by atoms with van der Waals surface area (Å²) in [6.45, 7) is 3.35. The largest absolute Gasteiger partial charge is 0.462 e. The third-order valence-electron chi connectivity index (χ3n) is 1.73. The second kappa shape index (κ2) is 5.16. The highest BCUT2D eigenvalue weighted by molar-refractivity contribution is 9.10. The van der Waals surface area contributed by atoms with Gasteiger partial charge in [-0.2, -0.15) is 0 Å². The maximum absolute atomic E-state index is 11.6. The van der Waals surface area contributed by atoms with Gasteiger partial charge in [-0.3, -0.25) is 9.59 Å². The van der Waals surface area contributed by atoms with E-state index in [4.69, 9.17) is 10.5 Å². The Balaban J connectivity index is 2.89. The molecule has 0 saturated carbocycles. The van der Waals surface area contributed by atoms with Crippen LogP contribution < -0.4 is 11.3 Å². The molecule has 1 aromatic heterocycles. The van der Waals surface area contributed by atoms with Crippen molar-refractivity contribution in [2.24, 2.45) is 0 Å². The Kier molecular flexibility index (Phi) is 4.12. The lowest BCUT2D eigenvalue weighted by Crippen LogP contribution is -2.27. The number of anilines is 1. The number of halogens is 1. The molecule has 0 atom stereocenters. The van der Waals surface area contributed by atoms with Gasteiger partial charge in [-0.25, -0.2) is 0 Å². The molecule has 0 radical (unpaired) electrons. The monoisotopic (exact) mass is 288 g/mol. The molecule has 1 heterocycles. The fraction of sp³-hybridized carbons (Fsp3) is 0.400. The zero-order chi connectivity index (χ0) is 12.3. The molecule has 16 heavy (non-hydrogen) atoms.